The van der Waals surface area contributed by atoms with Crippen LogP contribution in [0.1, 0.15) is 46.4 Å². The molecular weight excluding hydrogens is 456 g/mol. The van der Waals surface area contributed by atoms with Crippen LogP contribution in [0.4, 0.5) is 0 Å². The van der Waals surface area contributed by atoms with E-state index in [1.54, 1.807) is 29.2 Å². The van der Waals surface area contributed by atoms with E-state index >= 15 is 0 Å². The van der Waals surface area contributed by atoms with Crippen molar-refractivity contribution in [2.75, 3.05) is 26.2 Å². The van der Waals surface area contributed by atoms with E-state index in [-0.39, 0.29) is 35.9 Å². The van der Waals surface area contributed by atoms with E-state index in [9.17, 15) is 19.2 Å². The van der Waals surface area contributed by atoms with Crippen molar-refractivity contribution in [2.45, 2.75) is 37.8 Å². The second-order valence-electron chi connectivity index (χ2n) is 8.48. The smallest absolute Gasteiger partial charge is 0.320 e. The maximum atomic E-state index is 12.0. The van der Waals surface area contributed by atoms with Crippen LogP contribution in [0.2, 0.25) is 0 Å². The summed E-state index contributed by atoms with van der Waals surface area (Å²) in [5.41, 5.74) is 1.32. The molecule has 180 valence electrons. The average molecular weight is 485 g/mol. The van der Waals surface area contributed by atoms with Gasteiger partial charge in [0.2, 0.25) is 5.24 Å². The summed E-state index contributed by atoms with van der Waals surface area (Å²) in [6, 6.07) is 17.3. The Labute approximate surface area is 204 Å². The lowest BCUT2D eigenvalue weighted by Gasteiger charge is -2.20. The summed E-state index contributed by atoms with van der Waals surface area (Å²) in [4.78, 5) is 49.7. The van der Waals surface area contributed by atoms with Crippen LogP contribution in [-0.4, -0.2) is 75.9 Å². The minimum Gasteiger partial charge on any atom is -0.480 e. The highest BCUT2D eigenvalue weighted by Crippen LogP contribution is 2.20. The van der Waals surface area contributed by atoms with Crippen molar-refractivity contribution in [2.24, 2.45) is 0 Å². The van der Waals surface area contributed by atoms with Gasteiger partial charge in [0.25, 0.3) is 0 Å². The molecule has 7 nitrogen and oxygen atoms in total. The Bertz CT molecular complexity index is 917. The Morgan fingerprint density at radius 2 is 1.15 bits per heavy atom. The number of carbonyl (C=O) groups excluding carboxylic acids is 3. The predicted molar refractivity (Wildman–Crippen MR) is 129 cm³/mol. The topological polar surface area (TPSA) is 95.0 Å². The maximum Gasteiger partial charge on any atom is 0.320 e. The molecule has 4 rings (SSSR count). The maximum absolute atomic E-state index is 12.0. The van der Waals surface area contributed by atoms with Gasteiger partial charge < -0.3 is 5.11 Å². The normalized spacial score (nSPS) is 20.4. The number of hydrogen-bond acceptors (Lipinski definition) is 6. The van der Waals surface area contributed by atoms with Crippen molar-refractivity contribution in [3.8, 4) is 0 Å². The van der Waals surface area contributed by atoms with Gasteiger partial charge in [-0.25, -0.2) is 0 Å². The summed E-state index contributed by atoms with van der Waals surface area (Å²) in [6.07, 6.45) is 3.16. The van der Waals surface area contributed by atoms with Gasteiger partial charge in [0.15, 0.2) is 11.6 Å². The van der Waals surface area contributed by atoms with Gasteiger partial charge in [0, 0.05) is 11.1 Å². The number of carboxylic acid groups (broad SMARTS) is 1. The van der Waals surface area contributed by atoms with E-state index in [1.165, 1.54) is 0 Å². The van der Waals surface area contributed by atoms with Crippen LogP contribution in [-0.2, 0) is 9.59 Å². The minimum atomic E-state index is -0.830. The lowest BCUT2D eigenvalue weighted by atomic mass is 10.1. The third-order valence-electron chi connectivity index (χ3n) is 6.16. The first kappa shape index (κ1) is 25.7. The van der Waals surface area contributed by atoms with E-state index in [0.29, 0.717) is 24.1 Å². The first-order chi connectivity index (χ1) is 16.4. The molecule has 0 aliphatic carbocycles. The third kappa shape index (κ3) is 7.06. The number of ketones is 2. The number of hydrogen-bond donors (Lipinski definition) is 1. The Morgan fingerprint density at radius 1 is 0.735 bits per heavy atom. The Hall–Kier alpha value is -2.87. The molecule has 2 fully saturated rings. The molecule has 0 bridgehead atoms. The summed E-state index contributed by atoms with van der Waals surface area (Å²) < 4.78 is 0. The predicted octanol–water partition coefficient (Wildman–Crippen LogP) is 3.52. The monoisotopic (exact) mass is 484 g/mol. The molecule has 0 amide bonds. The molecule has 0 spiro atoms. The van der Waals surface area contributed by atoms with Gasteiger partial charge >= 0.3 is 5.97 Å². The average Bonchev–Trinajstić information content (AvgIpc) is 3.50. The van der Waals surface area contributed by atoms with Crippen LogP contribution >= 0.6 is 11.6 Å². The number of halogens is 1. The van der Waals surface area contributed by atoms with Gasteiger partial charge in [-0.1, -0.05) is 60.7 Å². The fourth-order valence-electron chi connectivity index (χ4n) is 4.37. The van der Waals surface area contributed by atoms with E-state index in [2.05, 4.69) is 0 Å². The van der Waals surface area contributed by atoms with E-state index in [1.807, 2.05) is 41.3 Å². The minimum absolute atomic E-state index is 0.0150. The summed E-state index contributed by atoms with van der Waals surface area (Å²) in [7, 11) is 0. The van der Waals surface area contributed by atoms with Crippen LogP contribution in [0.15, 0.2) is 60.7 Å². The zero-order valence-corrected chi connectivity index (χ0v) is 19.7. The number of likely N-dealkylation sites (tertiary alicyclic amines) is 2. The van der Waals surface area contributed by atoms with Gasteiger partial charge in [-0.05, 0) is 50.4 Å². The zero-order valence-electron chi connectivity index (χ0n) is 18.9. The Balaban J connectivity index is 0.000000191. The highest BCUT2D eigenvalue weighted by Gasteiger charge is 2.32. The number of Topliss-reactive ketones (excluding diaryl/α,β-unsaturated/α-hetero) is 2. The molecule has 2 saturated heterocycles. The fourth-order valence-corrected chi connectivity index (χ4v) is 4.61. The van der Waals surface area contributed by atoms with Crippen LogP contribution < -0.4 is 0 Å². The third-order valence-corrected chi connectivity index (χ3v) is 6.41. The van der Waals surface area contributed by atoms with Crippen LogP contribution in [0, 0.1) is 0 Å². The van der Waals surface area contributed by atoms with Crippen molar-refractivity contribution in [1.29, 1.82) is 0 Å². The first-order valence-electron chi connectivity index (χ1n) is 11.4. The molecule has 0 saturated carbocycles. The molecular formula is C26H29ClN2O5. The molecule has 34 heavy (non-hydrogen) atoms. The Kier molecular flexibility index (Phi) is 9.51. The van der Waals surface area contributed by atoms with E-state index in [4.69, 9.17) is 16.7 Å². The second-order valence-corrected chi connectivity index (χ2v) is 8.85. The SMILES string of the molecule is O=C(CN1CCC[C@H]1C(=O)Cl)c1ccccc1.O=C(CN1CCC[C@H]1C(=O)O)c1ccccc1. The summed E-state index contributed by atoms with van der Waals surface area (Å²) >= 11 is 5.52. The van der Waals surface area contributed by atoms with Crippen LogP contribution in [0.25, 0.3) is 0 Å². The second kappa shape index (κ2) is 12.6. The molecule has 2 heterocycles. The number of nitrogens with zero attached hydrogens (tertiary/aromatic N) is 2. The molecule has 0 unspecified atom stereocenters. The molecule has 1 N–H and O–H groups in total. The molecule has 0 radical (unpaired) electrons. The number of carboxylic acids is 1. The molecule has 2 aromatic rings. The number of carbonyl (C=O) groups is 4. The number of aliphatic carboxylic acids is 1. The first-order valence-corrected chi connectivity index (χ1v) is 11.8. The lowest BCUT2D eigenvalue weighted by Crippen LogP contribution is -2.39. The summed E-state index contributed by atoms with van der Waals surface area (Å²) in [6.45, 7) is 1.92. The largest absolute Gasteiger partial charge is 0.480 e. The molecule has 0 aromatic heterocycles. The van der Waals surface area contributed by atoms with Gasteiger partial charge in [-0.3, -0.25) is 29.0 Å². The number of rotatable bonds is 8. The van der Waals surface area contributed by atoms with Crippen LogP contribution in [0.3, 0.4) is 0 Å². The van der Waals surface area contributed by atoms with Gasteiger partial charge in [0.1, 0.15) is 6.04 Å². The van der Waals surface area contributed by atoms with Gasteiger partial charge in [-0.2, -0.15) is 0 Å². The lowest BCUT2D eigenvalue weighted by molar-refractivity contribution is -0.141. The summed E-state index contributed by atoms with van der Waals surface area (Å²) in [5, 5.41) is 8.66. The number of benzene rings is 2. The van der Waals surface area contributed by atoms with Crippen molar-refractivity contribution < 1.29 is 24.3 Å². The van der Waals surface area contributed by atoms with Gasteiger partial charge in [-0.15, -0.1) is 0 Å². The Morgan fingerprint density at radius 3 is 1.56 bits per heavy atom. The molecule has 2 aromatic carbocycles. The molecule has 2 aliphatic rings. The van der Waals surface area contributed by atoms with E-state index < -0.39 is 12.0 Å². The standard InChI is InChI=1S/C13H14ClNO2.C13H15NO3/c14-13(17)11-7-4-8-15(11)9-12(16)10-5-2-1-3-6-10;15-12(10-5-2-1-3-6-10)9-14-8-4-7-11(14)13(16)17/h1-3,5-6,11H,4,7-9H2;1-3,5-6,11H,4,7-9H2,(H,16,17)/t2*11-/m00/s1. The fraction of sp³-hybridized carbons (Fsp3) is 0.385. The van der Waals surface area contributed by atoms with Crippen molar-refractivity contribution in [3.63, 3.8) is 0 Å². The highest BCUT2D eigenvalue weighted by atomic mass is 35.5. The van der Waals surface area contributed by atoms with Crippen molar-refractivity contribution in [3.05, 3.63) is 71.8 Å². The zero-order chi connectivity index (χ0) is 24.5. The molecule has 2 atom stereocenters. The van der Waals surface area contributed by atoms with E-state index in [0.717, 1.165) is 25.8 Å². The van der Waals surface area contributed by atoms with Crippen molar-refractivity contribution >= 4 is 34.4 Å². The van der Waals surface area contributed by atoms with Crippen LogP contribution in [0.5, 0.6) is 0 Å². The van der Waals surface area contributed by atoms with Crippen molar-refractivity contribution in [1.82, 2.24) is 9.80 Å². The molecule has 8 heteroatoms. The highest BCUT2D eigenvalue weighted by molar-refractivity contribution is 6.64. The van der Waals surface area contributed by atoms with Gasteiger partial charge in [0.05, 0.1) is 19.1 Å². The molecule has 2 aliphatic heterocycles. The summed E-state index contributed by atoms with van der Waals surface area (Å²) in [5.74, 6) is -0.808. The quantitative estimate of drug-likeness (QED) is 0.452.